The van der Waals surface area contributed by atoms with E-state index in [9.17, 15) is 0 Å². The van der Waals surface area contributed by atoms with Gasteiger partial charge in [-0.3, -0.25) is 4.99 Å². The Morgan fingerprint density at radius 1 is 1.15 bits per heavy atom. The normalized spacial score (nSPS) is 10.8. The van der Waals surface area contributed by atoms with Crippen molar-refractivity contribution in [3.05, 3.63) is 35.4 Å². The summed E-state index contributed by atoms with van der Waals surface area (Å²) < 4.78 is 0. The highest BCUT2D eigenvalue weighted by atomic mass is 127. The lowest BCUT2D eigenvalue weighted by Gasteiger charge is -2.11. The molecule has 0 aliphatic carbocycles. The zero-order chi connectivity index (χ0) is 13.9. The molecule has 0 saturated carbocycles. The van der Waals surface area contributed by atoms with E-state index >= 15 is 0 Å². The van der Waals surface area contributed by atoms with Crippen molar-refractivity contribution in [1.82, 2.24) is 10.6 Å². The van der Waals surface area contributed by atoms with Crippen LogP contribution in [0.15, 0.2) is 29.3 Å². The fourth-order valence-electron chi connectivity index (χ4n) is 2.00. The Kier molecular flexibility index (Phi) is 11.5. The molecular weight excluding hydrogens is 361 g/mol. The number of benzene rings is 1. The van der Waals surface area contributed by atoms with Crippen molar-refractivity contribution in [1.29, 1.82) is 0 Å². The number of halogens is 1. The number of nitrogens with zero attached hydrogens (tertiary/aromatic N) is 1. The lowest BCUT2D eigenvalue weighted by Crippen LogP contribution is -2.38. The van der Waals surface area contributed by atoms with Crippen molar-refractivity contribution in [2.75, 3.05) is 20.1 Å². The SMILES string of the molecule is CCCCCNC(=NC)NCCc1cccc(C)c1.I. The maximum Gasteiger partial charge on any atom is 0.190 e. The van der Waals surface area contributed by atoms with E-state index in [2.05, 4.69) is 53.7 Å². The zero-order valence-electron chi connectivity index (χ0n) is 12.9. The van der Waals surface area contributed by atoms with Crippen LogP contribution in [0.1, 0.15) is 37.3 Å². The first-order valence-electron chi connectivity index (χ1n) is 7.26. The van der Waals surface area contributed by atoms with E-state index in [1.807, 2.05) is 7.05 Å². The van der Waals surface area contributed by atoms with Gasteiger partial charge in [0.05, 0.1) is 0 Å². The van der Waals surface area contributed by atoms with Crippen molar-refractivity contribution in [2.45, 2.75) is 39.5 Å². The Morgan fingerprint density at radius 3 is 2.55 bits per heavy atom. The van der Waals surface area contributed by atoms with Crippen molar-refractivity contribution in [3.8, 4) is 0 Å². The van der Waals surface area contributed by atoms with Gasteiger partial charge in [0.1, 0.15) is 0 Å². The van der Waals surface area contributed by atoms with E-state index in [0.717, 1.165) is 25.5 Å². The lowest BCUT2D eigenvalue weighted by atomic mass is 10.1. The van der Waals surface area contributed by atoms with Gasteiger partial charge in [0.25, 0.3) is 0 Å². The first-order valence-corrected chi connectivity index (χ1v) is 7.26. The number of aryl methyl sites for hydroxylation is 1. The monoisotopic (exact) mass is 389 g/mol. The van der Waals surface area contributed by atoms with E-state index in [-0.39, 0.29) is 24.0 Å². The molecule has 0 aliphatic heterocycles. The highest BCUT2D eigenvalue weighted by molar-refractivity contribution is 14.0. The summed E-state index contributed by atoms with van der Waals surface area (Å²) in [5.41, 5.74) is 2.69. The van der Waals surface area contributed by atoms with E-state index in [4.69, 9.17) is 0 Å². The van der Waals surface area contributed by atoms with Gasteiger partial charge in [-0.15, -0.1) is 24.0 Å². The number of hydrogen-bond acceptors (Lipinski definition) is 1. The Balaban J connectivity index is 0.00000361. The molecule has 4 heteroatoms. The fraction of sp³-hybridized carbons (Fsp3) is 0.562. The molecule has 0 bridgehead atoms. The van der Waals surface area contributed by atoms with E-state index in [0.29, 0.717) is 0 Å². The molecule has 0 fully saturated rings. The van der Waals surface area contributed by atoms with Gasteiger partial charge in [0.15, 0.2) is 5.96 Å². The molecule has 0 atom stereocenters. The van der Waals surface area contributed by atoms with E-state index in [1.54, 1.807) is 0 Å². The summed E-state index contributed by atoms with van der Waals surface area (Å²) in [4.78, 5) is 4.23. The van der Waals surface area contributed by atoms with Crippen LogP contribution in [0, 0.1) is 6.92 Å². The van der Waals surface area contributed by atoms with Crippen LogP contribution in [0.3, 0.4) is 0 Å². The average molecular weight is 389 g/mol. The smallest absolute Gasteiger partial charge is 0.190 e. The molecule has 0 amide bonds. The Morgan fingerprint density at radius 2 is 1.90 bits per heavy atom. The topological polar surface area (TPSA) is 36.4 Å². The van der Waals surface area contributed by atoms with Gasteiger partial charge in [-0.2, -0.15) is 0 Å². The third-order valence-corrected chi connectivity index (χ3v) is 3.08. The maximum atomic E-state index is 4.23. The van der Waals surface area contributed by atoms with Gasteiger partial charge in [-0.05, 0) is 25.3 Å². The van der Waals surface area contributed by atoms with Crippen molar-refractivity contribution < 1.29 is 0 Å². The summed E-state index contributed by atoms with van der Waals surface area (Å²) in [7, 11) is 1.82. The molecule has 2 N–H and O–H groups in total. The van der Waals surface area contributed by atoms with Crippen LogP contribution < -0.4 is 10.6 Å². The number of nitrogens with one attached hydrogen (secondary N) is 2. The predicted octanol–water partition coefficient (Wildman–Crippen LogP) is 3.51. The molecule has 0 aliphatic rings. The summed E-state index contributed by atoms with van der Waals surface area (Å²) in [5.74, 6) is 0.906. The zero-order valence-corrected chi connectivity index (χ0v) is 15.2. The molecule has 1 rings (SSSR count). The molecule has 0 saturated heterocycles. The number of hydrogen-bond donors (Lipinski definition) is 2. The minimum atomic E-state index is 0. The van der Waals surface area contributed by atoms with Gasteiger partial charge in [-0.1, -0.05) is 49.6 Å². The largest absolute Gasteiger partial charge is 0.356 e. The minimum Gasteiger partial charge on any atom is -0.356 e. The second kappa shape index (κ2) is 12.0. The standard InChI is InChI=1S/C16H27N3.HI/c1-4-5-6-11-18-16(17-3)19-12-10-15-9-7-8-14(2)13-15;/h7-9,13H,4-6,10-12H2,1-3H3,(H2,17,18,19);1H. The molecule has 1 aromatic rings. The quantitative estimate of drug-likeness (QED) is 0.324. The Labute approximate surface area is 140 Å². The first kappa shape index (κ1) is 19.2. The van der Waals surface area contributed by atoms with Gasteiger partial charge >= 0.3 is 0 Å². The van der Waals surface area contributed by atoms with Crippen LogP contribution in [0.5, 0.6) is 0 Å². The molecule has 0 aromatic heterocycles. The molecular formula is C16H28IN3. The fourth-order valence-corrected chi connectivity index (χ4v) is 2.00. The summed E-state index contributed by atoms with van der Waals surface area (Å²) in [6.07, 6.45) is 4.75. The third kappa shape index (κ3) is 8.40. The van der Waals surface area contributed by atoms with Crippen LogP contribution in [0.4, 0.5) is 0 Å². The third-order valence-electron chi connectivity index (χ3n) is 3.08. The highest BCUT2D eigenvalue weighted by Gasteiger charge is 1.97. The van der Waals surface area contributed by atoms with E-state index in [1.165, 1.54) is 30.4 Å². The maximum absolute atomic E-state index is 4.23. The summed E-state index contributed by atoms with van der Waals surface area (Å²) in [5, 5.41) is 6.69. The second-order valence-electron chi connectivity index (χ2n) is 4.87. The molecule has 3 nitrogen and oxygen atoms in total. The predicted molar refractivity (Wildman–Crippen MR) is 99.2 cm³/mol. The molecule has 1 aromatic carbocycles. The van der Waals surface area contributed by atoms with Crippen LogP contribution >= 0.6 is 24.0 Å². The highest BCUT2D eigenvalue weighted by Crippen LogP contribution is 2.03. The molecule has 0 unspecified atom stereocenters. The first-order chi connectivity index (χ1) is 9.26. The van der Waals surface area contributed by atoms with E-state index < -0.39 is 0 Å². The van der Waals surface area contributed by atoms with Gasteiger partial charge in [0.2, 0.25) is 0 Å². The molecule has 20 heavy (non-hydrogen) atoms. The van der Waals surface area contributed by atoms with Gasteiger partial charge in [0, 0.05) is 20.1 Å². The van der Waals surface area contributed by atoms with Crippen LogP contribution in [-0.2, 0) is 6.42 Å². The van der Waals surface area contributed by atoms with Crippen molar-refractivity contribution >= 4 is 29.9 Å². The summed E-state index contributed by atoms with van der Waals surface area (Å²) in [6, 6.07) is 8.65. The molecule has 0 radical (unpaired) electrons. The van der Waals surface area contributed by atoms with Crippen molar-refractivity contribution in [3.63, 3.8) is 0 Å². The molecule has 114 valence electrons. The molecule has 0 heterocycles. The second-order valence-corrected chi connectivity index (χ2v) is 4.87. The van der Waals surface area contributed by atoms with Crippen LogP contribution in [0.2, 0.25) is 0 Å². The minimum absolute atomic E-state index is 0. The number of rotatable bonds is 7. The molecule has 0 spiro atoms. The van der Waals surface area contributed by atoms with Crippen LogP contribution in [0.25, 0.3) is 0 Å². The Bertz CT molecular complexity index is 391. The van der Waals surface area contributed by atoms with Crippen LogP contribution in [-0.4, -0.2) is 26.1 Å². The lowest BCUT2D eigenvalue weighted by molar-refractivity contribution is 0.682. The van der Waals surface area contributed by atoms with Gasteiger partial charge in [-0.25, -0.2) is 0 Å². The number of guanidine groups is 1. The summed E-state index contributed by atoms with van der Waals surface area (Å²) in [6.45, 7) is 6.26. The number of unbranched alkanes of at least 4 members (excludes halogenated alkanes) is 2. The van der Waals surface area contributed by atoms with Gasteiger partial charge < -0.3 is 10.6 Å². The van der Waals surface area contributed by atoms with Crippen molar-refractivity contribution in [2.24, 2.45) is 4.99 Å². The Hall–Kier alpha value is -0.780. The average Bonchev–Trinajstić information content (AvgIpc) is 2.41. The summed E-state index contributed by atoms with van der Waals surface area (Å²) >= 11 is 0. The number of aliphatic imine (C=N–C) groups is 1.